The maximum atomic E-state index is 14.6. The van der Waals surface area contributed by atoms with Crippen molar-refractivity contribution in [2.24, 2.45) is 0 Å². The molecule has 0 fully saturated rings. The van der Waals surface area contributed by atoms with Gasteiger partial charge in [-0.3, -0.25) is 0 Å². The Kier molecular flexibility index (Phi) is 22.4. The quantitative estimate of drug-likeness (QED) is 0.0603. The summed E-state index contributed by atoms with van der Waals surface area (Å²) < 4.78 is 40.6. The van der Waals surface area contributed by atoms with Crippen LogP contribution >= 0.6 is 0 Å². The monoisotopic (exact) mass is 713 g/mol. The zero-order valence-corrected chi connectivity index (χ0v) is 33.4. The number of ether oxygens (including phenoxy) is 4. The second kappa shape index (κ2) is 26.5. The number of benzene rings is 2. The minimum absolute atomic E-state index is 0.618. The molecular weight excluding hydrogens is 641 g/mol. The molecule has 50 heavy (non-hydrogen) atoms. The summed E-state index contributed by atoms with van der Waals surface area (Å²) in [6, 6.07) is 8.01. The third kappa shape index (κ3) is 14.4. The van der Waals surface area contributed by atoms with Gasteiger partial charge in [-0.25, -0.2) is 4.21 Å². The van der Waals surface area contributed by atoms with Crippen LogP contribution in [0.1, 0.15) is 182 Å². The van der Waals surface area contributed by atoms with Crippen LogP contribution in [0.4, 0.5) is 0 Å². The molecule has 0 N–H and O–H groups in total. The van der Waals surface area contributed by atoms with E-state index in [1.165, 1.54) is 103 Å². The van der Waals surface area contributed by atoms with Gasteiger partial charge in [-0.15, -0.1) is 0 Å². The van der Waals surface area contributed by atoms with Crippen molar-refractivity contribution in [2.45, 2.75) is 192 Å². The Balaban J connectivity index is 1.87. The largest absolute Gasteiger partial charge is 0.493 e. The number of rotatable bonds is 32. The Morgan fingerprint density at radius 3 is 0.900 bits per heavy atom. The van der Waals surface area contributed by atoms with Gasteiger partial charge in [0.2, 0.25) is 0 Å². The lowest BCUT2D eigenvalue weighted by Gasteiger charge is -2.17. The maximum absolute atomic E-state index is 14.6. The molecule has 284 valence electrons. The van der Waals surface area contributed by atoms with Gasteiger partial charge in [-0.2, -0.15) is 0 Å². The Morgan fingerprint density at radius 2 is 0.600 bits per heavy atom. The third-order valence-corrected chi connectivity index (χ3v) is 11.4. The summed E-state index contributed by atoms with van der Waals surface area (Å²) in [4.78, 5) is 1.43. The lowest BCUT2D eigenvalue weighted by Crippen LogP contribution is -2.03. The van der Waals surface area contributed by atoms with E-state index in [1.807, 2.05) is 24.3 Å². The fourth-order valence-corrected chi connectivity index (χ4v) is 8.36. The van der Waals surface area contributed by atoms with E-state index in [1.54, 1.807) is 0 Å². The molecule has 2 aromatic carbocycles. The van der Waals surface area contributed by atoms with Gasteiger partial charge in [0.1, 0.15) is 23.0 Å². The van der Waals surface area contributed by atoms with Crippen LogP contribution in [0.2, 0.25) is 0 Å². The first-order chi connectivity index (χ1) is 24.7. The van der Waals surface area contributed by atoms with Crippen molar-refractivity contribution in [3.8, 4) is 34.1 Å². The molecule has 3 rings (SSSR count). The smallest absolute Gasteiger partial charge is 0.136 e. The Hall–Kier alpha value is -2.21. The van der Waals surface area contributed by atoms with Gasteiger partial charge in [-0.1, -0.05) is 156 Å². The fourth-order valence-electron chi connectivity index (χ4n) is 6.76. The van der Waals surface area contributed by atoms with E-state index in [9.17, 15) is 4.21 Å². The molecule has 0 atom stereocenters. The highest BCUT2D eigenvalue weighted by Crippen LogP contribution is 2.56. The van der Waals surface area contributed by atoms with E-state index in [-0.39, 0.29) is 0 Å². The van der Waals surface area contributed by atoms with Crippen molar-refractivity contribution >= 4 is 10.8 Å². The molecular formula is C44H72O5S. The SMILES string of the molecule is CCCCCCCCOc1ccc(OCCCCCCCC)c2c1-c1c(OCCCCCCCC)ccc(OCCCCCCCC)c1S2=O. The fraction of sp³-hybridized carbons (Fsp3) is 0.727. The summed E-state index contributed by atoms with van der Waals surface area (Å²) in [6.45, 7) is 11.5. The van der Waals surface area contributed by atoms with E-state index in [0.29, 0.717) is 47.7 Å². The first-order valence-corrected chi connectivity index (χ1v) is 22.1. The lowest BCUT2D eigenvalue weighted by molar-refractivity contribution is 0.289. The predicted molar refractivity (Wildman–Crippen MR) is 212 cm³/mol. The maximum Gasteiger partial charge on any atom is 0.136 e. The van der Waals surface area contributed by atoms with E-state index < -0.39 is 10.8 Å². The van der Waals surface area contributed by atoms with E-state index in [4.69, 9.17) is 18.9 Å². The zero-order valence-electron chi connectivity index (χ0n) is 32.6. The highest BCUT2D eigenvalue weighted by Gasteiger charge is 2.38. The van der Waals surface area contributed by atoms with Gasteiger partial charge in [0.15, 0.2) is 0 Å². The van der Waals surface area contributed by atoms with Crippen LogP contribution in [-0.4, -0.2) is 30.6 Å². The zero-order chi connectivity index (χ0) is 35.7. The minimum atomic E-state index is -1.47. The Bertz CT molecular complexity index is 1120. The van der Waals surface area contributed by atoms with Crippen LogP contribution in [0.5, 0.6) is 23.0 Å². The van der Waals surface area contributed by atoms with Gasteiger partial charge in [0, 0.05) is 11.1 Å². The van der Waals surface area contributed by atoms with Crippen molar-refractivity contribution in [3.63, 3.8) is 0 Å². The topological polar surface area (TPSA) is 54.0 Å². The van der Waals surface area contributed by atoms with Crippen LogP contribution in [0.25, 0.3) is 11.1 Å². The summed E-state index contributed by atoms with van der Waals surface area (Å²) in [5.74, 6) is 2.92. The average Bonchev–Trinajstić information content (AvgIpc) is 3.45. The molecule has 1 aliphatic heterocycles. The van der Waals surface area contributed by atoms with Gasteiger partial charge in [0.25, 0.3) is 0 Å². The minimum Gasteiger partial charge on any atom is -0.493 e. The average molecular weight is 713 g/mol. The van der Waals surface area contributed by atoms with Gasteiger partial charge in [-0.05, 0) is 49.9 Å². The van der Waals surface area contributed by atoms with Crippen LogP contribution < -0.4 is 18.9 Å². The molecule has 0 amide bonds. The standard InChI is InChI=1S/C44H72O5S/c1-5-9-13-17-21-25-33-46-37-29-31-39(48-35-27-23-19-15-11-7-3)43-41(37)42-38(47-34-26-22-18-14-10-6-2)30-32-40(44(42)50(43)45)49-36-28-24-20-16-12-8-4/h29-32H,5-28,33-36H2,1-4H3. The molecule has 0 aromatic heterocycles. The van der Waals surface area contributed by atoms with Gasteiger partial charge < -0.3 is 18.9 Å². The molecule has 0 saturated heterocycles. The predicted octanol–water partition coefficient (Wildman–Crippen LogP) is 13.8. The van der Waals surface area contributed by atoms with E-state index >= 15 is 0 Å². The molecule has 6 heteroatoms. The molecule has 0 radical (unpaired) electrons. The first-order valence-electron chi connectivity index (χ1n) is 20.9. The Morgan fingerprint density at radius 1 is 0.360 bits per heavy atom. The highest BCUT2D eigenvalue weighted by molar-refractivity contribution is 7.86. The molecule has 0 unspecified atom stereocenters. The molecule has 1 heterocycles. The lowest BCUT2D eigenvalue weighted by atomic mass is 10.0. The van der Waals surface area contributed by atoms with Crippen LogP contribution in [0.15, 0.2) is 34.1 Å². The molecule has 0 spiro atoms. The van der Waals surface area contributed by atoms with Crippen molar-refractivity contribution in [1.29, 1.82) is 0 Å². The molecule has 0 saturated carbocycles. The van der Waals surface area contributed by atoms with Crippen molar-refractivity contribution in [3.05, 3.63) is 24.3 Å². The number of hydrogen-bond acceptors (Lipinski definition) is 5. The normalized spacial score (nSPS) is 12.2. The summed E-state index contributed by atoms with van der Waals surface area (Å²) in [5, 5.41) is 0. The third-order valence-electron chi connectivity index (χ3n) is 9.81. The number of hydrogen-bond donors (Lipinski definition) is 0. The molecule has 1 aliphatic rings. The molecule has 2 aromatic rings. The molecule has 5 nitrogen and oxygen atoms in total. The highest BCUT2D eigenvalue weighted by atomic mass is 32.2. The van der Waals surface area contributed by atoms with Crippen LogP contribution in [0, 0.1) is 0 Å². The van der Waals surface area contributed by atoms with Gasteiger partial charge >= 0.3 is 0 Å². The molecule has 0 aliphatic carbocycles. The van der Waals surface area contributed by atoms with Crippen molar-refractivity contribution < 1.29 is 23.2 Å². The summed E-state index contributed by atoms with van der Waals surface area (Å²) in [6.07, 6.45) is 28.8. The van der Waals surface area contributed by atoms with Gasteiger partial charge in [0.05, 0.1) is 47.0 Å². The van der Waals surface area contributed by atoms with Crippen LogP contribution in [-0.2, 0) is 10.8 Å². The van der Waals surface area contributed by atoms with E-state index in [0.717, 1.165) is 74.0 Å². The number of unbranched alkanes of at least 4 members (excludes halogenated alkanes) is 20. The van der Waals surface area contributed by atoms with Crippen molar-refractivity contribution in [1.82, 2.24) is 0 Å². The second-order valence-electron chi connectivity index (χ2n) is 14.3. The molecule has 0 bridgehead atoms. The Labute approximate surface area is 309 Å². The summed E-state index contributed by atoms with van der Waals surface area (Å²) in [7, 11) is -1.47. The van der Waals surface area contributed by atoms with E-state index in [2.05, 4.69) is 27.7 Å². The second-order valence-corrected chi connectivity index (χ2v) is 15.6. The number of fused-ring (bicyclic) bond motifs is 3. The van der Waals surface area contributed by atoms with Crippen molar-refractivity contribution in [2.75, 3.05) is 26.4 Å². The summed E-state index contributed by atoms with van der Waals surface area (Å²) >= 11 is 0. The van der Waals surface area contributed by atoms with Crippen LogP contribution in [0.3, 0.4) is 0 Å². The summed E-state index contributed by atoms with van der Waals surface area (Å²) in [5.41, 5.74) is 1.74. The first kappa shape index (κ1) is 42.2.